The Hall–Kier alpha value is -1.92. The second kappa shape index (κ2) is 3.65. The van der Waals surface area contributed by atoms with Crippen LogP contribution in [0.1, 0.15) is 5.82 Å². The van der Waals surface area contributed by atoms with Crippen LogP contribution in [-0.4, -0.2) is 27.7 Å². The van der Waals surface area contributed by atoms with Crippen molar-refractivity contribution in [3.63, 3.8) is 0 Å². The third kappa shape index (κ3) is 1.81. The maximum Gasteiger partial charge on any atom is 0.342 e. The summed E-state index contributed by atoms with van der Waals surface area (Å²) in [4.78, 5) is 13.7. The van der Waals surface area contributed by atoms with E-state index in [2.05, 4.69) is 15.5 Å². The minimum absolute atomic E-state index is 0.0578. The molecule has 0 aliphatic rings. The molecule has 0 amide bonds. The van der Waals surface area contributed by atoms with Gasteiger partial charge in [-0.2, -0.15) is 5.10 Å². The number of nitro groups is 1. The summed E-state index contributed by atoms with van der Waals surface area (Å²) in [6, 6.07) is 0. The van der Waals surface area contributed by atoms with Crippen LogP contribution < -0.4 is 5.43 Å². The van der Waals surface area contributed by atoms with Crippen molar-refractivity contribution >= 4 is 12.0 Å². The Kier molecular flexibility index (Phi) is 2.58. The molecule has 7 nitrogen and oxygen atoms in total. The van der Waals surface area contributed by atoms with Crippen molar-refractivity contribution in [2.75, 3.05) is 7.05 Å². The van der Waals surface area contributed by atoms with Crippen LogP contribution in [0.4, 0.5) is 5.82 Å². The van der Waals surface area contributed by atoms with E-state index < -0.39 is 4.92 Å². The van der Waals surface area contributed by atoms with E-state index in [9.17, 15) is 10.1 Å². The van der Waals surface area contributed by atoms with Gasteiger partial charge in [0.15, 0.2) is 0 Å². The van der Waals surface area contributed by atoms with Crippen molar-refractivity contribution in [1.82, 2.24) is 15.0 Å². The van der Waals surface area contributed by atoms with E-state index in [0.29, 0.717) is 5.82 Å². The van der Waals surface area contributed by atoms with E-state index in [1.165, 1.54) is 17.0 Å². The normalized spacial score (nSPS) is 10.6. The van der Waals surface area contributed by atoms with Crippen LogP contribution in [0.2, 0.25) is 0 Å². The highest BCUT2D eigenvalue weighted by Crippen LogP contribution is 2.09. The molecule has 0 aliphatic carbocycles. The number of aromatic nitrogens is 2. The Morgan fingerprint density at radius 3 is 3.00 bits per heavy atom. The minimum Gasteiger partial charge on any atom is -0.358 e. The first-order valence-electron chi connectivity index (χ1n) is 3.52. The topological polar surface area (TPSA) is 85.3 Å². The molecule has 70 valence electrons. The van der Waals surface area contributed by atoms with Gasteiger partial charge < -0.3 is 15.5 Å². The second-order valence-corrected chi connectivity index (χ2v) is 2.27. The average Bonchev–Trinajstić information content (AvgIpc) is 2.43. The summed E-state index contributed by atoms with van der Waals surface area (Å²) < 4.78 is 1.35. The van der Waals surface area contributed by atoms with Crippen molar-refractivity contribution in [2.24, 2.45) is 12.1 Å². The number of hydrogen-bond donors (Lipinski definition) is 1. The van der Waals surface area contributed by atoms with Gasteiger partial charge in [-0.05, 0) is 4.92 Å². The van der Waals surface area contributed by atoms with Crippen LogP contribution in [0.25, 0.3) is 0 Å². The van der Waals surface area contributed by atoms with Crippen LogP contribution in [0, 0.1) is 10.1 Å². The van der Waals surface area contributed by atoms with Gasteiger partial charge in [-0.1, -0.05) is 0 Å². The zero-order valence-corrected chi connectivity index (χ0v) is 7.26. The Labute approximate surface area is 74.2 Å². The molecule has 0 fully saturated rings. The molecule has 13 heavy (non-hydrogen) atoms. The van der Waals surface area contributed by atoms with Crippen molar-refractivity contribution in [3.8, 4) is 0 Å². The van der Waals surface area contributed by atoms with Crippen LogP contribution in [0.3, 0.4) is 0 Å². The first-order chi connectivity index (χ1) is 6.16. The van der Waals surface area contributed by atoms with Crippen LogP contribution >= 0.6 is 0 Å². The first kappa shape index (κ1) is 9.17. The quantitative estimate of drug-likeness (QED) is 0.402. The van der Waals surface area contributed by atoms with E-state index in [4.69, 9.17) is 0 Å². The van der Waals surface area contributed by atoms with E-state index in [1.54, 1.807) is 14.1 Å². The molecule has 0 bridgehead atoms. The zero-order valence-electron chi connectivity index (χ0n) is 7.26. The Morgan fingerprint density at radius 2 is 2.54 bits per heavy atom. The summed E-state index contributed by atoms with van der Waals surface area (Å²) in [5.41, 5.74) is 2.53. The SMILES string of the molecule is CNN=Cc1ncc([N+](=O)[O-])n1C. The lowest BCUT2D eigenvalue weighted by Crippen LogP contribution is -2.03. The number of hydrogen-bond acceptors (Lipinski definition) is 5. The van der Waals surface area contributed by atoms with Gasteiger partial charge in [0.05, 0.1) is 7.05 Å². The minimum atomic E-state index is -0.496. The van der Waals surface area contributed by atoms with Gasteiger partial charge in [-0.3, -0.25) is 0 Å². The molecule has 0 saturated heterocycles. The standard InChI is InChI=1S/C6H9N5O2/c1-7-9-3-5-8-4-6(10(5)2)11(12)13/h3-4,7H,1-2H3. The Morgan fingerprint density at radius 1 is 1.85 bits per heavy atom. The summed E-state index contributed by atoms with van der Waals surface area (Å²) in [5, 5.41) is 14.1. The van der Waals surface area contributed by atoms with E-state index in [1.807, 2.05) is 0 Å². The van der Waals surface area contributed by atoms with Crippen LogP contribution in [0.15, 0.2) is 11.3 Å². The molecule has 1 aromatic heterocycles. The van der Waals surface area contributed by atoms with E-state index >= 15 is 0 Å². The number of rotatable bonds is 3. The molecule has 1 aromatic rings. The highest BCUT2D eigenvalue weighted by molar-refractivity contribution is 5.75. The highest BCUT2D eigenvalue weighted by atomic mass is 16.6. The lowest BCUT2D eigenvalue weighted by Gasteiger charge is -1.93. The smallest absolute Gasteiger partial charge is 0.342 e. The van der Waals surface area contributed by atoms with Gasteiger partial charge >= 0.3 is 5.82 Å². The molecular formula is C6H9N5O2. The highest BCUT2D eigenvalue weighted by Gasteiger charge is 2.14. The monoisotopic (exact) mass is 183 g/mol. The molecule has 0 atom stereocenters. The van der Waals surface area contributed by atoms with Gasteiger partial charge in [0.2, 0.25) is 5.82 Å². The van der Waals surface area contributed by atoms with Crippen molar-refractivity contribution in [1.29, 1.82) is 0 Å². The molecular weight excluding hydrogens is 174 g/mol. The molecule has 0 radical (unpaired) electrons. The van der Waals surface area contributed by atoms with Crippen molar-refractivity contribution in [3.05, 3.63) is 22.1 Å². The lowest BCUT2D eigenvalue weighted by atomic mass is 10.6. The predicted molar refractivity (Wildman–Crippen MR) is 46.5 cm³/mol. The fourth-order valence-electron chi connectivity index (χ4n) is 0.826. The molecule has 0 unspecified atom stereocenters. The predicted octanol–water partition coefficient (Wildman–Crippen LogP) is -0.118. The first-order valence-corrected chi connectivity index (χ1v) is 3.52. The summed E-state index contributed by atoms with van der Waals surface area (Å²) in [7, 11) is 3.19. The van der Waals surface area contributed by atoms with Gasteiger partial charge in [0.25, 0.3) is 0 Å². The third-order valence-electron chi connectivity index (χ3n) is 1.50. The van der Waals surface area contributed by atoms with Crippen LogP contribution in [0.5, 0.6) is 0 Å². The molecule has 0 saturated carbocycles. The molecule has 1 N–H and O–H groups in total. The van der Waals surface area contributed by atoms with Gasteiger partial charge in [0.1, 0.15) is 12.4 Å². The van der Waals surface area contributed by atoms with Gasteiger partial charge in [-0.15, -0.1) is 0 Å². The summed E-state index contributed by atoms with van der Waals surface area (Å²) >= 11 is 0. The summed E-state index contributed by atoms with van der Waals surface area (Å²) in [5.74, 6) is 0.374. The van der Waals surface area contributed by atoms with E-state index in [-0.39, 0.29) is 5.82 Å². The fraction of sp³-hybridized carbons (Fsp3) is 0.333. The molecule has 7 heteroatoms. The van der Waals surface area contributed by atoms with Gasteiger partial charge in [0, 0.05) is 7.05 Å². The van der Waals surface area contributed by atoms with E-state index in [0.717, 1.165) is 0 Å². The summed E-state index contributed by atoms with van der Waals surface area (Å²) in [6.07, 6.45) is 2.60. The maximum absolute atomic E-state index is 10.4. The third-order valence-corrected chi connectivity index (χ3v) is 1.50. The molecule has 1 rings (SSSR count). The number of imidazole rings is 1. The fourth-order valence-corrected chi connectivity index (χ4v) is 0.826. The number of hydrazone groups is 1. The Bertz CT molecular complexity index is 343. The average molecular weight is 183 g/mol. The van der Waals surface area contributed by atoms with Crippen molar-refractivity contribution < 1.29 is 4.92 Å². The van der Waals surface area contributed by atoms with Crippen LogP contribution in [-0.2, 0) is 7.05 Å². The maximum atomic E-state index is 10.4. The zero-order chi connectivity index (χ0) is 9.84. The summed E-state index contributed by atoms with van der Waals surface area (Å²) in [6.45, 7) is 0. The lowest BCUT2D eigenvalue weighted by molar-refractivity contribution is -0.391. The largest absolute Gasteiger partial charge is 0.358 e. The molecule has 0 spiro atoms. The van der Waals surface area contributed by atoms with Crippen molar-refractivity contribution in [2.45, 2.75) is 0 Å². The Balaban J connectivity index is 2.99. The molecule has 1 heterocycles. The molecule has 0 aliphatic heterocycles. The second-order valence-electron chi connectivity index (χ2n) is 2.27. The molecule has 0 aromatic carbocycles. The van der Waals surface area contributed by atoms with Gasteiger partial charge in [-0.25, -0.2) is 9.55 Å². The number of nitrogens with one attached hydrogen (secondary N) is 1. The number of nitrogens with zero attached hydrogens (tertiary/aromatic N) is 4.